The van der Waals surface area contributed by atoms with E-state index in [9.17, 15) is 31.9 Å². The average molecular weight is 710 g/mol. The van der Waals surface area contributed by atoms with E-state index in [-0.39, 0.29) is 31.3 Å². The molecule has 13 heteroatoms. The molecule has 260 valence electrons. The number of halogens is 5. The smallest absolute Gasteiger partial charge is 0.257 e. The first kappa shape index (κ1) is 35.3. The van der Waals surface area contributed by atoms with Crippen LogP contribution in [0.2, 0.25) is 0 Å². The number of imidazole rings is 1. The summed E-state index contributed by atoms with van der Waals surface area (Å²) in [5, 5.41) is 12.6. The van der Waals surface area contributed by atoms with Gasteiger partial charge in [-0.3, -0.25) is 4.79 Å². The Morgan fingerprint density at radius 1 is 0.860 bits per heavy atom. The Morgan fingerprint density at radius 3 is 2.18 bits per heavy atom. The third kappa shape index (κ3) is 7.31. The van der Waals surface area contributed by atoms with Crippen molar-refractivity contribution in [3.63, 3.8) is 0 Å². The molecule has 1 fully saturated rings. The summed E-state index contributed by atoms with van der Waals surface area (Å²) in [7, 11) is 1.93. The van der Waals surface area contributed by atoms with Gasteiger partial charge in [0.25, 0.3) is 5.91 Å². The number of nitrogens with zero attached hydrogens (tertiary/aromatic N) is 2. The number of ether oxygens (including phenoxy) is 2. The number of hydrogen-bond acceptors (Lipinski definition) is 6. The zero-order valence-corrected chi connectivity index (χ0v) is 27.7. The van der Waals surface area contributed by atoms with Crippen molar-refractivity contribution in [3.05, 3.63) is 142 Å². The molecule has 0 spiro atoms. The van der Waals surface area contributed by atoms with Crippen LogP contribution in [0.25, 0.3) is 11.1 Å². The number of aryl methyl sites for hydroxylation is 1. The maximum absolute atomic E-state index is 14.2. The number of aliphatic hydroxyl groups excluding tert-OH is 1. The van der Waals surface area contributed by atoms with Crippen molar-refractivity contribution in [3.8, 4) is 11.1 Å². The lowest BCUT2D eigenvalue weighted by molar-refractivity contribution is -0.268. The van der Waals surface area contributed by atoms with Crippen LogP contribution in [-0.2, 0) is 29.7 Å². The molecular formula is C37H32F5N3O4S. The van der Waals surface area contributed by atoms with E-state index in [1.165, 1.54) is 0 Å². The summed E-state index contributed by atoms with van der Waals surface area (Å²) in [5.74, 6) is -12.0. The van der Waals surface area contributed by atoms with Crippen molar-refractivity contribution in [1.82, 2.24) is 14.9 Å². The van der Waals surface area contributed by atoms with Crippen LogP contribution in [0, 0.1) is 35.0 Å². The Hall–Kier alpha value is -4.56. The molecule has 1 saturated heterocycles. The summed E-state index contributed by atoms with van der Waals surface area (Å²) >= 11 is 1.59. The van der Waals surface area contributed by atoms with Crippen LogP contribution in [-0.4, -0.2) is 32.4 Å². The third-order valence-corrected chi connectivity index (χ3v) is 9.73. The highest BCUT2D eigenvalue weighted by Crippen LogP contribution is 2.43. The number of hydrogen-bond donors (Lipinski definition) is 2. The molecule has 2 heterocycles. The zero-order valence-electron chi connectivity index (χ0n) is 26.9. The molecule has 7 nitrogen and oxygen atoms in total. The number of rotatable bonds is 10. The van der Waals surface area contributed by atoms with Crippen LogP contribution in [0.4, 0.5) is 22.0 Å². The molecule has 0 radical (unpaired) electrons. The van der Waals surface area contributed by atoms with E-state index in [4.69, 9.17) is 9.47 Å². The Morgan fingerprint density at radius 2 is 1.52 bits per heavy atom. The van der Waals surface area contributed by atoms with Crippen LogP contribution < -0.4 is 5.32 Å². The predicted molar refractivity (Wildman–Crippen MR) is 176 cm³/mol. The van der Waals surface area contributed by atoms with E-state index < -0.39 is 46.8 Å². The van der Waals surface area contributed by atoms with Crippen LogP contribution in [0.5, 0.6) is 0 Å². The molecule has 1 aromatic heterocycles. The summed E-state index contributed by atoms with van der Waals surface area (Å²) < 4.78 is 84.2. The van der Waals surface area contributed by atoms with Crippen molar-refractivity contribution in [2.75, 3.05) is 5.75 Å². The van der Waals surface area contributed by atoms with E-state index >= 15 is 0 Å². The SMILES string of the molecule is C[C@H]1[C@@H](CSc2nccn2C)O[C@@H](c2cccc(-c3cccc(CNC(=O)c4c(F)c(F)c(F)c(F)c4F)c3)c2)O[C@H]1c1ccc(CO)cc1. The second-order valence-electron chi connectivity index (χ2n) is 11.9. The average Bonchev–Trinajstić information content (AvgIpc) is 3.56. The highest BCUT2D eigenvalue weighted by atomic mass is 32.2. The van der Waals surface area contributed by atoms with Gasteiger partial charge in [-0.1, -0.05) is 79.3 Å². The Bertz CT molecular complexity index is 1980. The molecule has 1 amide bonds. The zero-order chi connectivity index (χ0) is 35.5. The molecular weight excluding hydrogens is 677 g/mol. The van der Waals surface area contributed by atoms with Gasteiger partial charge in [0, 0.05) is 43.2 Å². The molecule has 50 heavy (non-hydrogen) atoms. The highest BCUT2D eigenvalue weighted by molar-refractivity contribution is 7.99. The fourth-order valence-corrected chi connectivity index (χ4v) is 6.85. The van der Waals surface area contributed by atoms with Crippen molar-refractivity contribution < 1.29 is 41.3 Å². The van der Waals surface area contributed by atoms with Crippen molar-refractivity contribution in [1.29, 1.82) is 0 Å². The maximum Gasteiger partial charge on any atom is 0.257 e. The third-order valence-electron chi connectivity index (χ3n) is 8.59. The fraction of sp³-hybridized carbons (Fsp3) is 0.243. The lowest BCUT2D eigenvalue weighted by Gasteiger charge is -2.41. The molecule has 0 unspecified atom stereocenters. The number of aliphatic hydroxyl groups is 1. The Balaban J connectivity index is 1.22. The van der Waals surface area contributed by atoms with Crippen molar-refractivity contribution in [2.24, 2.45) is 13.0 Å². The fourth-order valence-electron chi connectivity index (χ4n) is 5.76. The molecule has 2 N–H and O–H groups in total. The quantitative estimate of drug-likeness (QED) is 0.0667. The van der Waals surface area contributed by atoms with Gasteiger partial charge < -0.3 is 24.5 Å². The first-order valence-corrected chi connectivity index (χ1v) is 16.6. The van der Waals surface area contributed by atoms with Gasteiger partial charge in [0.1, 0.15) is 5.56 Å². The number of benzene rings is 4. The number of amides is 1. The monoisotopic (exact) mass is 709 g/mol. The predicted octanol–water partition coefficient (Wildman–Crippen LogP) is 7.79. The molecule has 0 saturated carbocycles. The number of nitrogens with one attached hydrogen (secondary N) is 1. The molecule has 4 aromatic carbocycles. The van der Waals surface area contributed by atoms with Gasteiger partial charge in [-0.15, -0.1) is 0 Å². The molecule has 4 atom stereocenters. The minimum Gasteiger partial charge on any atom is -0.392 e. The Kier molecular flexibility index (Phi) is 10.7. The minimum atomic E-state index is -2.34. The molecule has 1 aliphatic rings. The summed E-state index contributed by atoms with van der Waals surface area (Å²) in [5.41, 5.74) is 2.98. The van der Waals surface area contributed by atoms with E-state index in [0.29, 0.717) is 11.3 Å². The second-order valence-corrected chi connectivity index (χ2v) is 12.9. The van der Waals surface area contributed by atoms with Crippen LogP contribution >= 0.6 is 11.8 Å². The minimum absolute atomic E-state index is 0.0288. The van der Waals surface area contributed by atoms with Crippen LogP contribution in [0.3, 0.4) is 0 Å². The lowest BCUT2D eigenvalue weighted by atomic mass is 9.91. The molecule has 1 aliphatic heterocycles. The highest BCUT2D eigenvalue weighted by Gasteiger charge is 2.38. The van der Waals surface area contributed by atoms with Crippen molar-refractivity contribution in [2.45, 2.75) is 43.7 Å². The van der Waals surface area contributed by atoms with E-state index in [1.54, 1.807) is 36.2 Å². The standard InChI is InChI=1S/C37H32F5N3O4S/c1-20-27(19-50-37-43-13-14-45(37)2)48-36(49-34(20)23-11-9-21(18-46)10-12-23)26-8-4-7-25(16-26)24-6-3-5-22(15-24)17-44-35(47)28-29(38)31(40)33(42)32(41)30(28)39/h3-16,20,27,34,36,46H,17-19H2,1-2H3,(H,44,47)/t20-,27+,34+,36+/m0/s1. The second kappa shape index (κ2) is 15.1. The van der Waals surface area contributed by atoms with E-state index in [0.717, 1.165) is 33.0 Å². The van der Waals surface area contributed by atoms with E-state index in [2.05, 4.69) is 17.2 Å². The van der Waals surface area contributed by atoms with Gasteiger partial charge >= 0.3 is 0 Å². The first-order chi connectivity index (χ1) is 24.0. The van der Waals surface area contributed by atoms with Crippen LogP contribution in [0.15, 0.2) is 90.3 Å². The van der Waals surface area contributed by atoms with Gasteiger partial charge in [0.2, 0.25) is 5.82 Å². The first-order valence-electron chi connectivity index (χ1n) is 15.6. The normalized spacial score (nSPS) is 19.0. The lowest BCUT2D eigenvalue weighted by Crippen LogP contribution is -2.38. The summed E-state index contributed by atoms with van der Waals surface area (Å²) in [4.78, 5) is 16.9. The molecule has 0 aliphatic carbocycles. The molecule has 6 rings (SSSR count). The number of carbonyl (C=O) groups is 1. The van der Waals surface area contributed by atoms with Crippen LogP contribution in [0.1, 0.15) is 51.9 Å². The number of carbonyl (C=O) groups excluding carboxylic acids is 1. The summed E-state index contributed by atoms with van der Waals surface area (Å²) in [6, 6.07) is 22.1. The Labute approximate surface area is 289 Å². The van der Waals surface area contributed by atoms with Crippen molar-refractivity contribution >= 4 is 17.7 Å². The topological polar surface area (TPSA) is 85.6 Å². The summed E-state index contributed by atoms with van der Waals surface area (Å²) in [6.07, 6.45) is 2.36. The molecule has 5 aromatic rings. The largest absolute Gasteiger partial charge is 0.392 e. The van der Waals surface area contributed by atoms with Gasteiger partial charge in [-0.05, 0) is 39.9 Å². The van der Waals surface area contributed by atoms with Gasteiger partial charge in [0.05, 0.1) is 18.8 Å². The van der Waals surface area contributed by atoms with Gasteiger partial charge in [0.15, 0.2) is 34.7 Å². The maximum atomic E-state index is 14.2. The summed E-state index contributed by atoms with van der Waals surface area (Å²) in [6.45, 7) is 1.77. The number of thioether (sulfide) groups is 1. The van der Waals surface area contributed by atoms with Gasteiger partial charge in [-0.25, -0.2) is 26.9 Å². The van der Waals surface area contributed by atoms with E-state index in [1.807, 2.05) is 72.4 Å². The van der Waals surface area contributed by atoms with Gasteiger partial charge in [-0.2, -0.15) is 0 Å². The molecule has 0 bridgehead atoms. The number of aromatic nitrogens is 2.